The van der Waals surface area contributed by atoms with Crippen LogP contribution >= 0.6 is 11.3 Å². The van der Waals surface area contributed by atoms with Gasteiger partial charge in [-0.25, -0.2) is 9.97 Å². The Morgan fingerprint density at radius 3 is 2.93 bits per heavy atom. The van der Waals surface area contributed by atoms with Gasteiger partial charge in [0.25, 0.3) is 5.91 Å². The Morgan fingerprint density at radius 2 is 2.14 bits per heavy atom. The maximum atomic E-state index is 13.3. The first kappa shape index (κ1) is 18.9. The van der Waals surface area contributed by atoms with Gasteiger partial charge >= 0.3 is 0 Å². The smallest absolute Gasteiger partial charge is 0.293 e. The molecular weight excluding hydrogens is 386 g/mol. The third-order valence-electron chi connectivity index (χ3n) is 6.22. The predicted octanol–water partition coefficient (Wildman–Crippen LogP) is 3.90. The maximum absolute atomic E-state index is 13.3. The lowest BCUT2D eigenvalue weighted by molar-refractivity contribution is -0.0379. The number of hydrogen-bond acceptors (Lipinski definition) is 6. The van der Waals surface area contributed by atoms with Crippen LogP contribution in [0.15, 0.2) is 0 Å². The predicted molar refractivity (Wildman–Crippen MR) is 112 cm³/mol. The van der Waals surface area contributed by atoms with Crippen LogP contribution in [0.5, 0.6) is 0 Å². The van der Waals surface area contributed by atoms with Crippen LogP contribution in [0.2, 0.25) is 0 Å². The summed E-state index contributed by atoms with van der Waals surface area (Å²) in [5.74, 6) is 0.984. The van der Waals surface area contributed by atoms with E-state index in [1.54, 1.807) is 15.9 Å². The van der Waals surface area contributed by atoms with Crippen molar-refractivity contribution in [2.75, 3.05) is 6.54 Å². The zero-order valence-corrected chi connectivity index (χ0v) is 18.3. The van der Waals surface area contributed by atoms with E-state index in [9.17, 15) is 4.79 Å². The SMILES string of the molecule is CC[C@H]1CCCCN1C(=O)c1nc2c3c4c(sc3nc(C)n2n1)COC(C)(C)C4. The van der Waals surface area contributed by atoms with E-state index >= 15 is 0 Å². The molecule has 7 nitrogen and oxygen atoms in total. The van der Waals surface area contributed by atoms with Crippen LogP contribution in [0, 0.1) is 6.92 Å². The number of amides is 1. The van der Waals surface area contributed by atoms with Gasteiger partial charge in [0.05, 0.1) is 17.6 Å². The number of carbonyl (C=O) groups excluding carboxylic acids is 1. The van der Waals surface area contributed by atoms with Gasteiger partial charge in [0.2, 0.25) is 5.82 Å². The number of ether oxygens (including phenoxy) is 1. The zero-order chi connectivity index (χ0) is 20.3. The molecule has 3 aromatic heterocycles. The molecule has 2 aliphatic heterocycles. The van der Waals surface area contributed by atoms with Crippen LogP contribution < -0.4 is 0 Å². The van der Waals surface area contributed by atoms with E-state index in [1.165, 1.54) is 16.9 Å². The van der Waals surface area contributed by atoms with Gasteiger partial charge in [0, 0.05) is 23.9 Å². The third-order valence-corrected chi connectivity index (χ3v) is 7.32. The van der Waals surface area contributed by atoms with E-state index in [-0.39, 0.29) is 23.4 Å². The fourth-order valence-corrected chi connectivity index (χ4v) is 5.80. The molecule has 29 heavy (non-hydrogen) atoms. The van der Waals surface area contributed by atoms with Gasteiger partial charge in [-0.3, -0.25) is 4.79 Å². The molecule has 5 rings (SSSR count). The minimum atomic E-state index is -0.219. The topological polar surface area (TPSA) is 72.6 Å². The van der Waals surface area contributed by atoms with E-state index in [4.69, 9.17) is 14.7 Å². The quantitative estimate of drug-likeness (QED) is 0.637. The minimum Gasteiger partial charge on any atom is -0.370 e. The van der Waals surface area contributed by atoms with Crippen molar-refractivity contribution in [3.8, 4) is 0 Å². The van der Waals surface area contributed by atoms with Crippen LogP contribution in [-0.4, -0.2) is 48.6 Å². The molecule has 0 N–H and O–H groups in total. The second-order valence-corrected chi connectivity index (χ2v) is 9.88. The molecule has 0 radical (unpaired) electrons. The Kier molecular flexibility index (Phi) is 4.40. The number of rotatable bonds is 2. The second-order valence-electron chi connectivity index (χ2n) is 8.80. The number of carbonyl (C=O) groups is 1. The van der Waals surface area contributed by atoms with Crippen molar-refractivity contribution in [3.05, 3.63) is 22.1 Å². The summed E-state index contributed by atoms with van der Waals surface area (Å²) in [7, 11) is 0. The Hall–Kier alpha value is -2.06. The van der Waals surface area contributed by atoms with Crippen molar-refractivity contribution < 1.29 is 9.53 Å². The van der Waals surface area contributed by atoms with Crippen LogP contribution in [-0.2, 0) is 17.8 Å². The van der Waals surface area contributed by atoms with Crippen molar-refractivity contribution >= 4 is 33.1 Å². The van der Waals surface area contributed by atoms with Crippen LogP contribution in [0.25, 0.3) is 15.9 Å². The zero-order valence-electron chi connectivity index (χ0n) is 17.5. The summed E-state index contributed by atoms with van der Waals surface area (Å²) in [6, 6.07) is 0.286. The summed E-state index contributed by atoms with van der Waals surface area (Å²) in [6.45, 7) is 9.67. The molecule has 0 unspecified atom stereocenters. The summed E-state index contributed by atoms with van der Waals surface area (Å²) in [4.78, 5) is 26.9. The number of fused-ring (bicyclic) bond motifs is 5. The lowest BCUT2D eigenvalue weighted by atomic mass is 9.94. The molecule has 0 saturated carbocycles. The van der Waals surface area contributed by atoms with Crippen LogP contribution in [0.4, 0.5) is 0 Å². The number of aromatic nitrogens is 4. The summed E-state index contributed by atoms with van der Waals surface area (Å²) in [5.41, 5.74) is 1.77. The first-order valence-electron chi connectivity index (χ1n) is 10.5. The molecule has 154 valence electrons. The number of likely N-dealkylation sites (tertiary alicyclic amines) is 1. The Bertz CT molecular complexity index is 1120. The molecule has 1 fully saturated rings. The summed E-state index contributed by atoms with van der Waals surface area (Å²) < 4.78 is 7.74. The molecule has 1 atom stereocenters. The van der Waals surface area contributed by atoms with Gasteiger partial charge < -0.3 is 9.64 Å². The van der Waals surface area contributed by atoms with Gasteiger partial charge in [0.15, 0.2) is 5.65 Å². The number of piperidine rings is 1. The van der Waals surface area contributed by atoms with Crippen molar-refractivity contribution in [3.63, 3.8) is 0 Å². The summed E-state index contributed by atoms with van der Waals surface area (Å²) in [5, 5.41) is 5.63. The van der Waals surface area contributed by atoms with E-state index in [0.717, 1.165) is 53.9 Å². The standard InChI is InChI=1S/C21H27N5O2S/c1-5-13-8-6-7-9-25(13)20(27)17-23-18-16-14-10-21(3,4)28-11-15(14)29-19(16)22-12(2)26(18)24-17/h13H,5-11H2,1-4H3/t13-/m0/s1. The van der Waals surface area contributed by atoms with Crippen LogP contribution in [0.3, 0.4) is 0 Å². The molecule has 8 heteroatoms. The first-order valence-corrected chi connectivity index (χ1v) is 11.3. The van der Waals surface area contributed by atoms with Crippen LogP contribution in [0.1, 0.15) is 73.3 Å². The van der Waals surface area contributed by atoms with Crippen molar-refractivity contribution in [2.45, 2.75) is 78.0 Å². The fourth-order valence-electron chi connectivity index (χ4n) is 4.65. The van der Waals surface area contributed by atoms with Gasteiger partial charge in [0.1, 0.15) is 10.7 Å². The van der Waals surface area contributed by atoms with Crippen molar-refractivity contribution in [1.29, 1.82) is 0 Å². The fraction of sp³-hybridized carbons (Fsp3) is 0.619. The lowest BCUT2D eigenvalue weighted by Crippen LogP contribution is -2.43. The van der Waals surface area contributed by atoms with Gasteiger partial charge in [-0.1, -0.05) is 6.92 Å². The molecule has 5 heterocycles. The Balaban J connectivity index is 1.64. The largest absolute Gasteiger partial charge is 0.370 e. The summed E-state index contributed by atoms with van der Waals surface area (Å²) in [6.07, 6.45) is 5.07. The van der Waals surface area contributed by atoms with E-state index in [2.05, 4.69) is 25.9 Å². The average molecular weight is 414 g/mol. The lowest BCUT2D eigenvalue weighted by Gasteiger charge is -2.34. The van der Waals surface area contributed by atoms with Crippen molar-refractivity contribution in [1.82, 2.24) is 24.5 Å². The number of aryl methyl sites for hydroxylation is 1. The highest BCUT2D eigenvalue weighted by atomic mass is 32.1. The monoisotopic (exact) mass is 413 g/mol. The van der Waals surface area contributed by atoms with E-state index < -0.39 is 0 Å². The number of nitrogens with zero attached hydrogens (tertiary/aromatic N) is 5. The minimum absolute atomic E-state index is 0.0550. The highest BCUT2D eigenvalue weighted by Gasteiger charge is 2.33. The Morgan fingerprint density at radius 1 is 1.31 bits per heavy atom. The third kappa shape index (κ3) is 3.04. The van der Waals surface area contributed by atoms with Gasteiger partial charge in [-0.2, -0.15) is 4.52 Å². The molecular formula is C21H27N5O2S. The van der Waals surface area contributed by atoms with E-state index in [1.807, 2.05) is 11.8 Å². The van der Waals surface area contributed by atoms with Gasteiger partial charge in [-0.15, -0.1) is 16.4 Å². The highest BCUT2D eigenvalue weighted by molar-refractivity contribution is 7.19. The van der Waals surface area contributed by atoms with Crippen molar-refractivity contribution in [2.24, 2.45) is 0 Å². The molecule has 0 bridgehead atoms. The molecule has 3 aromatic rings. The van der Waals surface area contributed by atoms with E-state index in [0.29, 0.717) is 6.61 Å². The molecule has 0 aromatic carbocycles. The Labute approximate surface area is 174 Å². The maximum Gasteiger partial charge on any atom is 0.293 e. The number of thiophene rings is 1. The molecule has 0 spiro atoms. The second kappa shape index (κ2) is 6.74. The summed E-state index contributed by atoms with van der Waals surface area (Å²) >= 11 is 1.67. The average Bonchev–Trinajstić information content (AvgIpc) is 3.28. The first-order chi connectivity index (χ1) is 13.9. The normalized spacial score (nSPS) is 21.7. The van der Waals surface area contributed by atoms with Gasteiger partial charge in [-0.05, 0) is 52.0 Å². The molecule has 1 saturated heterocycles. The highest BCUT2D eigenvalue weighted by Crippen LogP contribution is 2.39. The molecule has 1 amide bonds. The molecule has 0 aliphatic carbocycles. The molecule has 2 aliphatic rings. The number of hydrogen-bond donors (Lipinski definition) is 0.